The number of carbonyl (C=O) groups is 1. The van der Waals surface area contributed by atoms with E-state index in [4.69, 9.17) is 4.74 Å². The predicted molar refractivity (Wildman–Crippen MR) is 64.0 cm³/mol. The average Bonchev–Trinajstić information content (AvgIpc) is 2.56. The number of esters is 1. The Hall–Kier alpha value is -1.55. The van der Waals surface area contributed by atoms with Crippen LogP contribution >= 0.6 is 11.3 Å². The Bertz CT molecular complexity index is 528. The van der Waals surface area contributed by atoms with Crippen LogP contribution in [0.25, 0.3) is 10.1 Å². The lowest BCUT2D eigenvalue weighted by atomic mass is 10.2. The smallest absolute Gasteiger partial charge is 0.352 e. The van der Waals surface area contributed by atoms with E-state index in [9.17, 15) is 9.90 Å². The average molecular weight is 236 g/mol. The van der Waals surface area contributed by atoms with Gasteiger partial charge in [0.2, 0.25) is 0 Å². The summed E-state index contributed by atoms with van der Waals surface area (Å²) in [5.74, 6) is -0.444. The molecule has 0 bridgehead atoms. The lowest BCUT2D eigenvalue weighted by molar-refractivity contribution is 0.0381. The zero-order chi connectivity index (χ0) is 11.7. The molecule has 4 heteroatoms. The highest BCUT2D eigenvalue weighted by atomic mass is 32.1. The van der Waals surface area contributed by atoms with Gasteiger partial charge in [0.15, 0.2) is 4.88 Å². The second-order valence-corrected chi connectivity index (χ2v) is 4.78. The molecule has 3 nitrogen and oxygen atoms in total. The van der Waals surface area contributed by atoms with E-state index in [1.807, 2.05) is 18.2 Å². The van der Waals surface area contributed by atoms with E-state index in [1.54, 1.807) is 19.9 Å². The second-order valence-electron chi connectivity index (χ2n) is 3.73. The molecule has 0 saturated heterocycles. The number of fused-ring (bicyclic) bond motifs is 1. The Morgan fingerprint density at radius 3 is 2.69 bits per heavy atom. The number of rotatable bonds is 2. The lowest BCUT2D eigenvalue weighted by Crippen LogP contribution is -2.10. The Morgan fingerprint density at radius 2 is 2.06 bits per heavy atom. The maximum absolute atomic E-state index is 11.7. The van der Waals surface area contributed by atoms with Gasteiger partial charge in [-0.15, -0.1) is 11.3 Å². The summed E-state index contributed by atoms with van der Waals surface area (Å²) < 4.78 is 5.94. The van der Waals surface area contributed by atoms with Crippen molar-refractivity contribution in [2.45, 2.75) is 20.0 Å². The van der Waals surface area contributed by atoms with Crippen LogP contribution in [0.1, 0.15) is 23.5 Å². The minimum absolute atomic E-state index is 0.0197. The maximum Gasteiger partial charge on any atom is 0.352 e. The molecule has 1 heterocycles. The molecule has 0 amide bonds. The van der Waals surface area contributed by atoms with Gasteiger partial charge in [-0.25, -0.2) is 4.79 Å². The standard InChI is InChI=1S/C12H12O3S/c1-7(2)15-12(14)11-10(13)8-5-3-4-6-9(8)16-11/h3-7,13H,1-2H3. The highest BCUT2D eigenvalue weighted by molar-refractivity contribution is 7.21. The fourth-order valence-electron chi connectivity index (χ4n) is 1.44. The number of hydrogen-bond donors (Lipinski definition) is 1. The van der Waals surface area contributed by atoms with E-state index in [0.717, 1.165) is 4.70 Å². The second kappa shape index (κ2) is 4.14. The number of benzene rings is 1. The maximum atomic E-state index is 11.7. The van der Waals surface area contributed by atoms with Crippen molar-refractivity contribution in [3.63, 3.8) is 0 Å². The van der Waals surface area contributed by atoms with Crippen molar-refractivity contribution in [3.8, 4) is 5.75 Å². The van der Waals surface area contributed by atoms with Crippen LogP contribution in [-0.2, 0) is 4.74 Å². The minimum atomic E-state index is -0.464. The Balaban J connectivity index is 2.45. The molecule has 2 rings (SSSR count). The van der Waals surface area contributed by atoms with Gasteiger partial charge >= 0.3 is 5.97 Å². The van der Waals surface area contributed by atoms with E-state index < -0.39 is 5.97 Å². The van der Waals surface area contributed by atoms with Crippen LogP contribution in [0.3, 0.4) is 0 Å². The van der Waals surface area contributed by atoms with Gasteiger partial charge in [0.1, 0.15) is 5.75 Å². The topological polar surface area (TPSA) is 46.5 Å². The molecule has 2 aromatic rings. The van der Waals surface area contributed by atoms with Gasteiger partial charge in [-0.2, -0.15) is 0 Å². The first kappa shape index (κ1) is 11.0. The van der Waals surface area contributed by atoms with E-state index >= 15 is 0 Å². The molecular weight excluding hydrogens is 224 g/mol. The van der Waals surface area contributed by atoms with E-state index in [-0.39, 0.29) is 16.7 Å². The molecule has 0 atom stereocenters. The normalized spacial score (nSPS) is 10.9. The Labute approximate surface area is 97.3 Å². The zero-order valence-electron chi connectivity index (χ0n) is 9.06. The third kappa shape index (κ3) is 1.88. The summed E-state index contributed by atoms with van der Waals surface area (Å²) in [5, 5.41) is 10.6. The number of aromatic hydroxyl groups is 1. The first-order valence-electron chi connectivity index (χ1n) is 5.01. The molecule has 0 saturated carbocycles. The lowest BCUT2D eigenvalue weighted by Gasteiger charge is -2.05. The molecule has 0 fully saturated rings. The molecule has 1 N–H and O–H groups in total. The summed E-state index contributed by atoms with van der Waals surface area (Å²) >= 11 is 1.25. The summed E-state index contributed by atoms with van der Waals surface area (Å²) in [7, 11) is 0. The number of ether oxygens (including phenoxy) is 1. The first-order chi connectivity index (χ1) is 7.59. The van der Waals surface area contributed by atoms with Crippen LogP contribution < -0.4 is 0 Å². The predicted octanol–water partition coefficient (Wildman–Crippen LogP) is 3.17. The fraction of sp³-hybridized carbons (Fsp3) is 0.250. The molecule has 0 aliphatic carbocycles. The van der Waals surface area contributed by atoms with Crippen molar-refractivity contribution >= 4 is 27.4 Å². The molecule has 0 unspecified atom stereocenters. The third-order valence-corrected chi connectivity index (χ3v) is 3.24. The highest BCUT2D eigenvalue weighted by Crippen LogP contribution is 2.37. The van der Waals surface area contributed by atoms with Crippen LogP contribution in [0.5, 0.6) is 5.75 Å². The van der Waals surface area contributed by atoms with Crippen molar-refractivity contribution in [2.24, 2.45) is 0 Å². The third-order valence-electron chi connectivity index (χ3n) is 2.10. The van der Waals surface area contributed by atoms with Gasteiger partial charge in [0.05, 0.1) is 6.10 Å². The number of hydrogen-bond acceptors (Lipinski definition) is 4. The highest BCUT2D eigenvalue weighted by Gasteiger charge is 2.19. The van der Waals surface area contributed by atoms with E-state index in [2.05, 4.69) is 0 Å². The minimum Gasteiger partial charge on any atom is -0.505 e. The number of thiophene rings is 1. The molecular formula is C12H12O3S. The molecule has 16 heavy (non-hydrogen) atoms. The van der Waals surface area contributed by atoms with E-state index in [1.165, 1.54) is 11.3 Å². The van der Waals surface area contributed by atoms with Gasteiger partial charge in [-0.1, -0.05) is 12.1 Å². The molecule has 0 aliphatic heterocycles. The van der Waals surface area contributed by atoms with Gasteiger partial charge in [-0.3, -0.25) is 0 Å². The summed E-state index contributed by atoms with van der Waals surface area (Å²) in [4.78, 5) is 11.9. The summed E-state index contributed by atoms with van der Waals surface area (Å²) in [6.45, 7) is 3.56. The molecule has 0 radical (unpaired) electrons. The van der Waals surface area contributed by atoms with Crippen molar-refractivity contribution in [2.75, 3.05) is 0 Å². The van der Waals surface area contributed by atoms with Gasteiger partial charge in [0.25, 0.3) is 0 Å². The zero-order valence-corrected chi connectivity index (χ0v) is 9.88. The molecule has 84 valence electrons. The van der Waals surface area contributed by atoms with Crippen molar-refractivity contribution in [3.05, 3.63) is 29.1 Å². The molecule has 1 aromatic carbocycles. The van der Waals surface area contributed by atoms with Crippen LogP contribution in [0.4, 0.5) is 0 Å². The quantitative estimate of drug-likeness (QED) is 0.815. The van der Waals surface area contributed by atoms with Crippen LogP contribution in [-0.4, -0.2) is 17.2 Å². The largest absolute Gasteiger partial charge is 0.505 e. The fourth-order valence-corrected chi connectivity index (χ4v) is 2.42. The Kier molecular flexibility index (Phi) is 2.83. The van der Waals surface area contributed by atoms with Crippen LogP contribution in [0.2, 0.25) is 0 Å². The SMILES string of the molecule is CC(C)OC(=O)c1sc2ccccc2c1O. The van der Waals surface area contributed by atoms with Crippen molar-refractivity contribution in [1.29, 1.82) is 0 Å². The summed E-state index contributed by atoms with van der Waals surface area (Å²) in [5.41, 5.74) is 0. The van der Waals surface area contributed by atoms with Crippen LogP contribution in [0, 0.1) is 0 Å². The number of carbonyl (C=O) groups excluding carboxylic acids is 1. The van der Waals surface area contributed by atoms with Gasteiger partial charge < -0.3 is 9.84 Å². The molecule has 0 aliphatic rings. The molecule has 0 spiro atoms. The Morgan fingerprint density at radius 1 is 1.38 bits per heavy atom. The summed E-state index contributed by atoms with van der Waals surface area (Å²) in [6.07, 6.45) is -0.183. The first-order valence-corrected chi connectivity index (χ1v) is 5.82. The van der Waals surface area contributed by atoms with E-state index in [0.29, 0.717) is 5.39 Å². The summed E-state index contributed by atoms with van der Waals surface area (Å²) in [6, 6.07) is 7.35. The molecule has 1 aromatic heterocycles. The van der Waals surface area contributed by atoms with Crippen LogP contribution in [0.15, 0.2) is 24.3 Å². The van der Waals surface area contributed by atoms with Crippen molar-refractivity contribution < 1.29 is 14.6 Å². The van der Waals surface area contributed by atoms with Gasteiger partial charge in [-0.05, 0) is 26.0 Å². The monoisotopic (exact) mass is 236 g/mol. The van der Waals surface area contributed by atoms with Crippen molar-refractivity contribution in [1.82, 2.24) is 0 Å². The van der Waals surface area contributed by atoms with Gasteiger partial charge in [0, 0.05) is 10.1 Å².